The highest BCUT2D eigenvalue weighted by atomic mass is 19.1. The van der Waals surface area contributed by atoms with Gasteiger partial charge in [0.2, 0.25) is 0 Å². The molecular formula is C14H15FN2O. The van der Waals surface area contributed by atoms with Crippen molar-refractivity contribution >= 4 is 16.7 Å². The van der Waals surface area contributed by atoms with E-state index < -0.39 is 0 Å². The van der Waals surface area contributed by atoms with Crippen molar-refractivity contribution in [2.24, 2.45) is 7.05 Å². The summed E-state index contributed by atoms with van der Waals surface area (Å²) in [5.41, 5.74) is 1.12. The lowest BCUT2D eigenvalue weighted by atomic mass is 10.0. The minimum Gasteiger partial charge on any atom is -0.347 e. The smallest absolute Gasteiger partial charge is 0.181 e. The Morgan fingerprint density at radius 3 is 3.06 bits per heavy atom. The van der Waals surface area contributed by atoms with Crippen molar-refractivity contribution in [3.8, 4) is 0 Å². The molecule has 0 radical (unpaired) electrons. The molecule has 0 spiro atoms. The van der Waals surface area contributed by atoms with Crippen LogP contribution in [-0.4, -0.2) is 22.9 Å². The monoisotopic (exact) mass is 246 g/mol. The molecule has 94 valence electrons. The summed E-state index contributed by atoms with van der Waals surface area (Å²) in [6.45, 7) is 0.884. The van der Waals surface area contributed by atoms with E-state index in [0.29, 0.717) is 16.5 Å². The van der Waals surface area contributed by atoms with E-state index >= 15 is 0 Å². The molecule has 1 aromatic heterocycles. The summed E-state index contributed by atoms with van der Waals surface area (Å²) in [6.07, 6.45) is 3.62. The molecule has 0 bridgehead atoms. The fourth-order valence-corrected chi connectivity index (χ4v) is 2.71. The van der Waals surface area contributed by atoms with E-state index in [1.54, 1.807) is 29.9 Å². The third-order valence-electron chi connectivity index (χ3n) is 3.59. The zero-order valence-electron chi connectivity index (χ0n) is 10.2. The molecule has 4 heteroatoms. The van der Waals surface area contributed by atoms with Crippen LogP contribution in [0.2, 0.25) is 0 Å². The summed E-state index contributed by atoms with van der Waals surface area (Å²) in [5, 5.41) is 3.90. The molecule has 0 saturated carbocycles. The maximum atomic E-state index is 13.8. The number of ketones is 1. The highest BCUT2D eigenvalue weighted by Gasteiger charge is 2.26. The predicted octanol–water partition coefficient (Wildman–Crippen LogP) is 2.25. The quantitative estimate of drug-likeness (QED) is 0.825. The molecule has 1 fully saturated rings. The molecule has 2 heterocycles. The molecule has 3 rings (SSSR count). The fourth-order valence-electron chi connectivity index (χ4n) is 2.71. The van der Waals surface area contributed by atoms with Crippen molar-refractivity contribution in [1.29, 1.82) is 0 Å². The van der Waals surface area contributed by atoms with Gasteiger partial charge in [0, 0.05) is 24.2 Å². The van der Waals surface area contributed by atoms with Gasteiger partial charge in [-0.1, -0.05) is 12.1 Å². The van der Waals surface area contributed by atoms with Gasteiger partial charge in [0.1, 0.15) is 5.82 Å². The topological polar surface area (TPSA) is 34.0 Å². The summed E-state index contributed by atoms with van der Waals surface area (Å²) in [5.74, 6) is -0.211. The van der Waals surface area contributed by atoms with Crippen molar-refractivity contribution in [2.45, 2.75) is 18.9 Å². The molecule has 1 saturated heterocycles. The first-order valence-electron chi connectivity index (χ1n) is 6.19. The molecule has 0 aliphatic carbocycles. The van der Waals surface area contributed by atoms with Crippen LogP contribution in [0.25, 0.3) is 10.9 Å². The van der Waals surface area contributed by atoms with Gasteiger partial charge in [0.25, 0.3) is 0 Å². The summed E-state index contributed by atoms with van der Waals surface area (Å²) in [4.78, 5) is 12.4. The van der Waals surface area contributed by atoms with E-state index in [1.165, 1.54) is 6.07 Å². The van der Waals surface area contributed by atoms with E-state index in [4.69, 9.17) is 0 Å². The van der Waals surface area contributed by atoms with Crippen LogP contribution in [0.4, 0.5) is 4.39 Å². The molecule has 2 aromatic rings. The number of para-hydroxylation sites is 1. The van der Waals surface area contributed by atoms with Crippen molar-refractivity contribution < 1.29 is 9.18 Å². The Kier molecular flexibility index (Phi) is 2.67. The number of hydrogen-bond acceptors (Lipinski definition) is 2. The number of carbonyl (C=O) groups is 1. The summed E-state index contributed by atoms with van der Waals surface area (Å²) in [7, 11) is 1.77. The molecule has 0 amide bonds. The predicted molar refractivity (Wildman–Crippen MR) is 68.2 cm³/mol. The lowest BCUT2D eigenvalue weighted by molar-refractivity contribution is 0.0954. The number of nitrogens with zero attached hydrogens (tertiary/aromatic N) is 1. The number of Topliss-reactive ketones (excluding diaryl/α,β-unsaturated/α-hetero) is 1. The Morgan fingerprint density at radius 1 is 1.50 bits per heavy atom. The molecule has 1 N–H and O–H groups in total. The Bertz CT molecular complexity index is 612. The lowest BCUT2D eigenvalue weighted by Crippen LogP contribution is -2.30. The first-order chi connectivity index (χ1) is 8.68. The van der Waals surface area contributed by atoms with Gasteiger partial charge < -0.3 is 9.88 Å². The van der Waals surface area contributed by atoms with Gasteiger partial charge in [0.15, 0.2) is 5.78 Å². The average Bonchev–Trinajstić information content (AvgIpc) is 2.97. The van der Waals surface area contributed by atoms with E-state index in [1.807, 2.05) is 0 Å². The van der Waals surface area contributed by atoms with Crippen LogP contribution >= 0.6 is 0 Å². The van der Waals surface area contributed by atoms with Crippen LogP contribution < -0.4 is 5.32 Å². The summed E-state index contributed by atoms with van der Waals surface area (Å²) >= 11 is 0. The van der Waals surface area contributed by atoms with Crippen molar-refractivity contribution in [3.63, 3.8) is 0 Å². The van der Waals surface area contributed by atoms with Crippen molar-refractivity contribution in [3.05, 3.63) is 35.8 Å². The molecule has 1 aliphatic heterocycles. The maximum Gasteiger partial charge on any atom is 0.181 e. The molecule has 3 nitrogen and oxygen atoms in total. The molecule has 1 unspecified atom stereocenters. The maximum absolute atomic E-state index is 13.8. The van der Waals surface area contributed by atoms with E-state index in [-0.39, 0.29) is 17.6 Å². The van der Waals surface area contributed by atoms with Crippen molar-refractivity contribution in [1.82, 2.24) is 9.88 Å². The van der Waals surface area contributed by atoms with Crippen LogP contribution in [-0.2, 0) is 7.05 Å². The summed E-state index contributed by atoms with van der Waals surface area (Å²) in [6, 6.07) is 4.76. The van der Waals surface area contributed by atoms with Gasteiger partial charge >= 0.3 is 0 Å². The zero-order chi connectivity index (χ0) is 12.7. The van der Waals surface area contributed by atoms with Gasteiger partial charge in [-0.15, -0.1) is 0 Å². The number of aryl methyl sites for hydroxylation is 1. The number of rotatable bonds is 2. The second-order valence-electron chi connectivity index (χ2n) is 4.80. The van der Waals surface area contributed by atoms with Gasteiger partial charge in [-0.3, -0.25) is 4.79 Å². The van der Waals surface area contributed by atoms with E-state index in [2.05, 4.69) is 5.32 Å². The first kappa shape index (κ1) is 11.4. The Labute approximate surface area is 105 Å². The minimum absolute atomic E-state index is 0.0729. The van der Waals surface area contributed by atoms with Crippen LogP contribution in [0.1, 0.15) is 23.2 Å². The number of aromatic nitrogens is 1. The molecule has 18 heavy (non-hydrogen) atoms. The number of hydrogen-bond donors (Lipinski definition) is 1. The number of nitrogens with one attached hydrogen (secondary N) is 1. The van der Waals surface area contributed by atoms with Gasteiger partial charge in [-0.2, -0.15) is 0 Å². The third kappa shape index (κ3) is 1.64. The second-order valence-corrected chi connectivity index (χ2v) is 4.80. The van der Waals surface area contributed by atoms with E-state index in [0.717, 1.165) is 19.4 Å². The van der Waals surface area contributed by atoms with Crippen LogP contribution in [0.5, 0.6) is 0 Å². The van der Waals surface area contributed by atoms with E-state index in [9.17, 15) is 9.18 Å². The molecule has 1 aliphatic rings. The minimum atomic E-state index is -0.284. The van der Waals surface area contributed by atoms with Gasteiger partial charge in [0.05, 0.1) is 11.6 Å². The fraction of sp³-hybridized carbons (Fsp3) is 0.357. The number of carbonyl (C=O) groups excluding carboxylic acids is 1. The standard InChI is InChI=1S/C14H15FN2O/c1-17-8-10(14(18)12-6-3-7-16-12)9-4-2-5-11(15)13(9)17/h2,4-5,8,12,16H,3,6-7H2,1H3. The molecule has 1 aromatic carbocycles. The molecule has 1 atom stereocenters. The first-order valence-corrected chi connectivity index (χ1v) is 6.19. The Hall–Kier alpha value is -1.68. The molecular weight excluding hydrogens is 231 g/mol. The Balaban J connectivity index is 2.12. The number of fused-ring (bicyclic) bond motifs is 1. The summed E-state index contributed by atoms with van der Waals surface area (Å²) < 4.78 is 15.4. The zero-order valence-corrected chi connectivity index (χ0v) is 10.2. The highest BCUT2D eigenvalue weighted by molar-refractivity contribution is 6.10. The second kappa shape index (κ2) is 4.21. The van der Waals surface area contributed by atoms with Gasteiger partial charge in [-0.25, -0.2) is 4.39 Å². The van der Waals surface area contributed by atoms with Crippen LogP contribution in [0, 0.1) is 5.82 Å². The van der Waals surface area contributed by atoms with Crippen LogP contribution in [0.3, 0.4) is 0 Å². The largest absolute Gasteiger partial charge is 0.347 e. The number of benzene rings is 1. The SMILES string of the molecule is Cn1cc(C(=O)C2CCCN2)c2cccc(F)c21. The number of halogens is 1. The average molecular weight is 246 g/mol. The highest BCUT2D eigenvalue weighted by Crippen LogP contribution is 2.25. The van der Waals surface area contributed by atoms with Crippen molar-refractivity contribution in [2.75, 3.05) is 6.54 Å². The van der Waals surface area contributed by atoms with Crippen LogP contribution in [0.15, 0.2) is 24.4 Å². The normalized spacial score (nSPS) is 19.6. The third-order valence-corrected chi connectivity index (χ3v) is 3.59. The lowest BCUT2D eigenvalue weighted by Gasteiger charge is -2.07. The Morgan fingerprint density at radius 2 is 2.33 bits per heavy atom. The van der Waals surface area contributed by atoms with Gasteiger partial charge in [-0.05, 0) is 25.5 Å².